The maximum Gasteiger partial charge on any atom is 0.0680 e. The largest absolute Gasteiger partial charge is 0.310 e. The van der Waals surface area contributed by atoms with Gasteiger partial charge in [-0.05, 0) is 38.3 Å². The third kappa shape index (κ3) is 3.10. The minimum atomic E-state index is 0.542. The molecule has 20 heavy (non-hydrogen) atoms. The Hall–Kier alpha value is -1.61. The van der Waals surface area contributed by atoms with Gasteiger partial charge in [0.25, 0.3) is 0 Å². The number of aromatic nitrogens is 2. The molecule has 0 saturated carbocycles. The summed E-state index contributed by atoms with van der Waals surface area (Å²) in [5, 5.41) is 8.10. The zero-order valence-corrected chi connectivity index (χ0v) is 13.0. The van der Waals surface area contributed by atoms with E-state index >= 15 is 0 Å². The van der Waals surface area contributed by atoms with Crippen molar-refractivity contribution in [2.45, 2.75) is 53.1 Å². The van der Waals surface area contributed by atoms with Gasteiger partial charge in [-0.15, -0.1) is 0 Å². The predicted molar refractivity (Wildman–Crippen MR) is 84.3 cm³/mol. The normalized spacial score (nSPS) is 12.6. The summed E-state index contributed by atoms with van der Waals surface area (Å²) in [5.41, 5.74) is 5.03. The summed E-state index contributed by atoms with van der Waals surface area (Å²) < 4.78 is 2.06. The zero-order valence-electron chi connectivity index (χ0n) is 13.0. The maximum absolute atomic E-state index is 4.58. The first-order valence-electron chi connectivity index (χ1n) is 7.52. The molecule has 3 nitrogen and oxygen atoms in total. The van der Waals surface area contributed by atoms with Crippen LogP contribution in [-0.4, -0.2) is 15.8 Å². The molecular weight excluding hydrogens is 246 g/mol. The van der Waals surface area contributed by atoms with E-state index in [0.717, 1.165) is 19.4 Å². The molecule has 3 heteroatoms. The lowest BCUT2D eigenvalue weighted by Crippen LogP contribution is -2.24. The highest BCUT2D eigenvalue weighted by Crippen LogP contribution is 2.18. The molecule has 0 spiro atoms. The van der Waals surface area contributed by atoms with Crippen LogP contribution in [0.2, 0.25) is 0 Å². The quantitative estimate of drug-likeness (QED) is 0.869. The molecule has 1 atom stereocenters. The summed E-state index contributed by atoms with van der Waals surface area (Å²) in [6.07, 6.45) is 4.15. The predicted octanol–water partition coefficient (Wildman–Crippen LogP) is 3.63. The molecule has 0 aliphatic carbocycles. The first-order valence-corrected chi connectivity index (χ1v) is 7.52. The fourth-order valence-corrected chi connectivity index (χ4v) is 2.30. The van der Waals surface area contributed by atoms with Gasteiger partial charge in [-0.2, -0.15) is 5.10 Å². The van der Waals surface area contributed by atoms with Gasteiger partial charge in [0, 0.05) is 23.8 Å². The van der Waals surface area contributed by atoms with Crippen molar-refractivity contribution in [1.29, 1.82) is 0 Å². The molecule has 0 aliphatic rings. The van der Waals surface area contributed by atoms with Crippen LogP contribution in [0.5, 0.6) is 0 Å². The molecule has 2 aromatic rings. The van der Waals surface area contributed by atoms with Crippen LogP contribution in [0.1, 0.15) is 44.0 Å². The van der Waals surface area contributed by atoms with Crippen molar-refractivity contribution in [3.05, 3.63) is 47.3 Å². The number of rotatable bonds is 6. The molecule has 0 amide bonds. The molecule has 1 heterocycles. The smallest absolute Gasteiger partial charge is 0.0680 e. The molecule has 108 valence electrons. The number of hydrogen-bond acceptors (Lipinski definition) is 2. The lowest BCUT2D eigenvalue weighted by atomic mass is 10.1. The standard InChI is InChI=1S/C17H25N3/c1-5-13(3)18-11-16-12-19-20(14(16)4)17-10-8-7-9-15(17)6-2/h7-10,12-13,18H,5-6,11H2,1-4H3. The summed E-state index contributed by atoms with van der Waals surface area (Å²) in [4.78, 5) is 0. The fraction of sp³-hybridized carbons (Fsp3) is 0.471. The molecule has 0 radical (unpaired) electrons. The number of nitrogens with one attached hydrogen (secondary N) is 1. The molecule has 0 bridgehead atoms. The van der Waals surface area contributed by atoms with Crippen molar-refractivity contribution < 1.29 is 0 Å². The average molecular weight is 271 g/mol. The molecule has 1 aromatic carbocycles. The van der Waals surface area contributed by atoms with Gasteiger partial charge in [-0.3, -0.25) is 0 Å². The van der Waals surface area contributed by atoms with Crippen molar-refractivity contribution in [2.24, 2.45) is 0 Å². The summed E-state index contributed by atoms with van der Waals surface area (Å²) in [7, 11) is 0. The number of aryl methyl sites for hydroxylation is 1. The van der Waals surface area contributed by atoms with E-state index in [-0.39, 0.29) is 0 Å². The second-order valence-electron chi connectivity index (χ2n) is 5.34. The van der Waals surface area contributed by atoms with Gasteiger partial charge < -0.3 is 5.32 Å². The van der Waals surface area contributed by atoms with Gasteiger partial charge >= 0.3 is 0 Å². The number of nitrogens with zero attached hydrogens (tertiary/aromatic N) is 2. The van der Waals surface area contributed by atoms with Crippen molar-refractivity contribution in [2.75, 3.05) is 0 Å². The van der Waals surface area contributed by atoms with Crippen LogP contribution < -0.4 is 5.32 Å². The Morgan fingerprint density at radius 1 is 1.20 bits per heavy atom. The highest BCUT2D eigenvalue weighted by molar-refractivity contribution is 5.42. The third-order valence-electron chi connectivity index (χ3n) is 3.97. The highest BCUT2D eigenvalue weighted by Gasteiger charge is 2.10. The van der Waals surface area contributed by atoms with Crippen molar-refractivity contribution >= 4 is 0 Å². The van der Waals surface area contributed by atoms with Crippen LogP contribution in [0.4, 0.5) is 0 Å². The Bertz CT molecular complexity index is 557. The zero-order chi connectivity index (χ0) is 14.5. The summed E-state index contributed by atoms with van der Waals surface area (Å²) in [6, 6.07) is 9.03. The van der Waals surface area contributed by atoms with Crippen LogP contribution in [0.15, 0.2) is 30.5 Å². The molecule has 0 aliphatic heterocycles. The van der Waals surface area contributed by atoms with E-state index in [4.69, 9.17) is 0 Å². The second-order valence-corrected chi connectivity index (χ2v) is 5.34. The molecule has 1 aromatic heterocycles. The van der Waals surface area contributed by atoms with E-state index in [1.54, 1.807) is 0 Å². The van der Waals surface area contributed by atoms with Gasteiger partial charge in [-0.25, -0.2) is 4.68 Å². The van der Waals surface area contributed by atoms with Crippen LogP contribution >= 0.6 is 0 Å². The van der Waals surface area contributed by atoms with Gasteiger partial charge in [-0.1, -0.05) is 32.0 Å². The van der Waals surface area contributed by atoms with Crippen LogP contribution in [-0.2, 0) is 13.0 Å². The molecular formula is C17H25N3. The average Bonchev–Trinajstić information content (AvgIpc) is 2.85. The van der Waals surface area contributed by atoms with Crippen molar-refractivity contribution in [1.82, 2.24) is 15.1 Å². The van der Waals surface area contributed by atoms with Gasteiger partial charge in [0.2, 0.25) is 0 Å². The SMILES string of the molecule is CCc1ccccc1-n1ncc(CNC(C)CC)c1C. The third-order valence-corrected chi connectivity index (χ3v) is 3.97. The topological polar surface area (TPSA) is 29.9 Å². The lowest BCUT2D eigenvalue weighted by molar-refractivity contribution is 0.533. The maximum atomic E-state index is 4.58. The minimum absolute atomic E-state index is 0.542. The van der Waals surface area contributed by atoms with Crippen LogP contribution in [0.25, 0.3) is 5.69 Å². The van der Waals surface area contributed by atoms with E-state index in [1.807, 2.05) is 6.20 Å². The molecule has 2 rings (SSSR count). The van der Waals surface area contributed by atoms with Crippen LogP contribution in [0, 0.1) is 6.92 Å². The van der Waals surface area contributed by atoms with E-state index in [0.29, 0.717) is 6.04 Å². The Morgan fingerprint density at radius 2 is 1.95 bits per heavy atom. The van der Waals surface area contributed by atoms with E-state index in [9.17, 15) is 0 Å². The monoisotopic (exact) mass is 271 g/mol. The van der Waals surface area contributed by atoms with E-state index in [2.05, 4.69) is 67.1 Å². The van der Waals surface area contributed by atoms with Gasteiger partial charge in [0.15, 0.2) is 0 Å². The summed E-state index contributed by atoms with van der Waals surface area (Å²) in [5.74, 6) is 0. The molecule has 1 unspecified atom stereocenters. The minimum Gasteiger partial charge on any atom is -0.310 e. The Kier molecular flexibility index (Phi) is 4.96. The number of hydrogen-bond donors (Lipinski definition) is 1. The Balaban J connectivity index is 2.24. The summed E-state index contributed by atoms with van der Waals surface area (Å²) in [6.45, 7) is 9.63. The lowest BCUT2D eigenvalue weighted by Gasteiger charge is -2.12. The number of para-hydroxylation sites is 1. The second kappa shape index (κ2) is 6.71. The van der Waals surface area contributed by atoms with E-state index < -0.39 is 0 Å². The fourth-order valence-electron chi connectivity index (χ4n) is 2.30. The van der Waals surface area contributed by atoms with E-state index in [1.165, 1.54) is 22.5 Å². The Labute approximate surface area is 122 Å². The Morgan fingerprint density at radius 3 is 2.65 bits per heavy atom. The molecule has 1 N–H and O–H groups in total. The first-order chi connectivity index (χ1) is 9.67. The van der Waals surface area contributed by atoms with Crippen LogP contribution in [0.3, 0.4) is 0 Å². The van der Waals surface area contributed by atoms with Crippen molar-refractivity contribution in [3.8, 4) is 5.69 Å². The highest BCUT2D eigenvalue weighted by atomic mass is 15.3. The van der Waals surface area contributed by atoms with Crippen molar-refractivity contribution in [3.63, 3.8) is 0 Å². The molecule has 0 saturated heterocycles. The number of benzene rings is 1. The van der Waals surface area contributed by atoms with Gasteiger partial charge in [0.1, 0.15) is 0 Å². The summed E-state index contributed by atoms with van der Waals surface area (Å²) >= 11 is 0. The molecule has 0 fully saturated rings. The first kappa shape index (κ1) is 14.8. The van der Waals surface area contributed by atoms with Gasteiger partial charge in [0.05, 0.1) is 11.9 Å².